The number of methoxy groups -OCH3 is 1. The van der Waals surface area contributed by atoms with Crippen molar-refractivity contribution < 1.29 is 9.84 Å². The monoisotopic (exact) mass is 243 g/mol. The van der Waals surface area contributed by atoms with E-state index in [-0.39, 0.29) is 11.9 Å². The lowest BCUT2D eigenvalue weighted by Gasteiger charge is -2.09. The van der Waals surface area contributed by atoms with Crippen LogP contribution in [0.2, 0.25) is 0 Å². The fraction of sp³-hybridized carbons (Fsp3) is 0.600. The van der Waals surface area contributed by atoms with Gasteiger partial charge in [-0.3, -0.25) is 0 Å². The Kier molecular flexibility index (Phi) is 5.51. The second-order valence-corrected chi connectivity index (χ2v) is 4.76. The fourth-order valence-electron chi connectivity index (χ4n) is 1.10. The van der Waals surface area contributed by atoms with Gasteiger partial charge in [0.05, 0.1) is 6.61 Å². The van der Waals surface area contributed by atoms with Gasteiger partial charge in [0.15, 0.2) is 5.82 Å². The van der Waals surface area contributed by atoms with E-state index in [1.54, 1.807) is 7.11 Å². The van der Waals surface area contributed by atoms with Crippen LogP contribution in [0, 0.1) is 0 Å². The molecule has 1 rings (SSSR count). The van der Waals surface area contributed by atoms with E-state index in [1.165, 1.54) is 11.8 Å². The third kappa shape index (κ3) is 3.96. The molecule has 2 N–H and O–H groups in total. The maximum absolute atomic E-state index is 8.99. The van der Waals surface area contributed by atoms with Crippen LogP contribution in [-0.2, 0) is 11.3 Å². The molecule has 1 heterocycles. The Labute approximate surface area is 99.6 Å². The van der Waals surface area contributed by atoms with Gasteiger partial charge in [0.2, 0.25) is 0 Å². The third-order valence-corrected chi connectivity index (χ3v) is 2.86. The molecule has 0 aromatic carbocycles. The van der Waals surface area contributed by atoms with Gasteiger partial charge in [0.25, 0.3) is 0 Å². The molecule has 16 heavy (non-hydrogen) atoms. The summed E-state index contributed by atoms with van der Waals surface area (Å²) in [5.74, 6) is 1.40. The average molecular weight is 243 g/mol. The first-order valence-electron chi connectivity index (χ1n) is 5.01. The van der Waals surface area contributed by atoms with Crippen molar-refractivity contribution in [1.82, 2.24) is 9.97 Å². The Hall–Kier alpha value is -0.850. The lowest BCUT2D eigenvalue weighted by atomic mass is 10.5. The van der Waals surface area contributed by atoms with Crippen molar-refractivity contribution in [2.75, 3.05) is 26.1 Å². The zero-order valence-electron chi connectivity index (χ0n) is 9.73. The summed E-state index contributed by atoms with van der Waals surface area (Å²) in [7, 11) is 3.42. The van der Waals surface area contributed by atoms with E-state index in [2.05, 4.69) is 15.3 Å². The molecule has 0 amide bonds. The molecule has 0 aliphatic heterocycles. The van der Waals surface area contributed by atoms with Crippen molar-refractivity contribution >= 4 is 17.6 Å². The Morgan fingerprint density at radius 3 is 2.88 bits per heavy atom. The molecule has 90 valence electrons. The predicted octanol–water partition coefficient (Wildman–Crippen LogP) is 1.14. The van der Waals surface area contributed by atoms with Crippen LogP contribution in [0.5, 0.6) is 0 Å². The molecule has 0 spiro atoms. The van der Waals surface area contributed by atoms with E-state index in [1.807, 2.05) is 20.0 Å². The summed E-state index contributed by atoms with van der Waals surface area (Å²) in [6.45, 7) is 2.46. The highest BCUT2D eigenvalue weighted by atomic mass is 32.2. The minimum Gasteiger partial charge on any atom is -0.395 e. The number of ether oxygens (including phenoxy) is 1. The van der Waals surface area contributed by atoms with Crippen molar-refractivity contribution in [3.05, 3.63) is 11.9 Å². The lowest BCUT2D eigenvalue weighted by molar-refractivity contribution is 0.177. The third-order valence-electron chi connectivity index (χ3n) is 1.86. The molecular weight excluding hydrogens is 226 g/mol. The van der Waals surface area contributed by atoms with E-state index < -0.39 is 0 Å². The molecule has 0 saturated carbocycles. The minimum absolute atomic E-state index is 0.120. The van der Waals surface area contributed by atoms with Gasteiger partial charge in [-0.25, -0.2) is 9.97 Å². The average Bonchev–Trinajstić information content (AvgIpc) is 2.29. The summed E-state index contributed by atoms with van der Waals surface area (Å²) in [4.78, 5) is 8.59. The van der Waals surface area contributed by atoms with Crippen LogP contribution in [0.25, 0.3) is 0 Å². The zero-order valence-corrected chi connectivity index (χ0v) is 10.5. The van der Waals surface area contributed by atoms with Crippen LogP contribution in [0.1, 0.15) is 12.7 Å². The van der Waals surface area contributed by atoms with Gasteiger partial charge in [-0.2, -0.15) is 0 Å². The molecule has 5 nitrogen and oxygen atoms in total. The first kappa shape index (κ1) is 13.2. The maximum atomic E-state index is 8.99. The number of thioether (sulfide) groups is 1. The number of aliphatic hydroxyl groups is 1. The lowest BCUT2D eigenvalue weighted by Crippen LogP contribution is -2.06. The quantitative estimate of drug-likeness (QED) is 0.577. The van der Waals surface area contributed by atoms with Gasteiger partial charge in [-0.05, 0) is 0 Å². The fourth-order valence-corrected chi connectivity index (χ4v) is 1.92. The summed E-state index contributed by atoms with van der Waals surface area (Å²) >= 11 is 1.52. The second kappa shape index (κ2) is 6.67. The molecule has 0 aliphatic rings. The molecule has 1 unspecified atom stereocenters. The standard InChI is InChI=1S/C10H17N3O2S/c1-7(5-14)16-10-4-8(11-2)12-9(13-10)6-15-3/h4,7,14H,5-6H2,1-3H3,(H,11,12,13). The zero-order chi connectivity index (χ0) is 12.0. The topological polar surface area (TPSA) is 67.3 Å². The molecule has 0 radical (unpaired) electrons. The molecule has 1 aromatic heterocycles. The number of aromatic nitrogens is 2. The van der Waals surface area contributed by atoms with E-state index in [0.29, 0.717) is 12.4 Å². The Morgan fingerprint density at radius 1 is 1.56 bits per heavy atom. The SMILES string of the molecule is CNc1cc(SC(C)CO)nc(COC)n1. The summed E-state index contributed by atoms with van der Waals surface area (Å²) in [6, 6.07) is 1.86. The van der Waals surface area contributed by atoms with Crippen molar-refractivity contribution in [1.29, 1.82) is 0 Å². The van der Waals surface area contributed by atoms with Gasteiger partial charge in [-0.15, -0.1) is 11.8 Å². The number of aliphatic hydroxyl groups excluding tert-OH is 1. The first-order chi connectivity index (χ1) is 7.69. The molecule has 0 aliphatic carbocycles. The minimum atomic E-state index is 0.120. The van der Waals surface area contributed by atoms with Gasteiger partial charge in [-0.1, -0.05) is 6.92 Å². The highest BCUT2D eigenvalue weighted by Gasteiger charge is 2.08. The van der Waals surface area contributed by atoms with E-state index in [0.717, 1.165) is 10.8 Å². The van der Waals surface area contributed by atoms with E-state index >= 15 is 0 Å². The normalized spacial score (nSPS) is 12.5. The van der Waals surface area contributed by atoms with Crippen molar-refractivity contribution in [2.24, 2.45) is 0 Å². The second-order valence-electron chi connectivity index (χ2n) is 3.30. The Balaban J connectivity index is 2.85. The van der Waals surface area contributed by atoms with E-state index in [4.69, 9.17) is 9.84 Å². The molecule has 0 fully saturated rings. The first-order valence-corrected chi connectivity index (χ1v) is 5.89. The Bertz CT molecular complexity index is 336. The number of hydrogen-bond acceptors (Lipinski definition) is 6. The molecule has 0 saturated heterocycles. The van der Waals surface area contributed by atoms with Crippen molar-refractivity contribution in [3.8, 4) is 0 Å². The highest BCUT2D eigenvalue weighted by molar-refractivity contribution is 7.99. The maximum Gasteiger partial charge on any atom is 0.157 e. The largest absolute Gasteiger partial charge is 0.395 e. The molecule has 1 atom stereocenters. The molecule has 1 aromatic rings. The summed E-state index contributed by atoms with van der Waals surface area (Å²) < 4.78 is 5.00. The van der Waals surface area contributed by atoms with Crippen LogP contribution in [0.15, 0.2) is 11.1 Å². The van der Waals surface area contributed by atoms with Crippen LogP contribution >= 0.6 is 11.8 Å². The van der Waals surface area contributed by atoms with Crippen LogP contribution < -0.4 is 5.32 Å². The molecule has 6 heteroatoms. The van der Waals surface area contributed by atoms with Gasteiger partial charge >= 0.3 is 0 Å². The number of hydrogen-bond donors (Lipinski definition) is 2. The number of anilines is 1. The summed E-state index contributed by atoms with van der Waals surface area (Å²) in [5.41, 5.74) is 0. The van der Waals surface area contributed by atoms with Gasteiger partial charge in [0.1, 0.15) is 17.5 Å². The number of rotatable bonds is 6. The van der Waals surface area contributed by atoms with Gasteiger partial charge in [0, 0.05) is 25.5 Å². The van der Waals surface area contributed by atoms with Crippen LogP contribution in [0.3, 0.4) is 0 Å². The molecule has 0 bridgehead atoms. The van der Waals surface area contributed by atoms with Crippen molar-refractivity contribution in [3.63, 3.8) is 0 Å². The van der Waals surface area contributed by atoms with Gasteiger partial charge < -0.3 is 15.2 Å². The Morgan fingerprint density at radius 2 is 2.31 bits per heavy atom. The molecular formula is C10H17N3O2S. The highest BCUT2D eigenvalue weighted by Crippen LogP contribution is 2.23. The number of nitrogens with one attached hydrogen (secondary N) is 1. The smallest absolute Gasteiger partial charge is 0.157 e. The van der Waals surface area contributed by atoms with Crippen LogP contribution in [0.4, 0.5) is 5.82 Å². The van der Waals surface area contributed by atoms with Crippen LogP contribution in [-0.4, -0.2) is 41.1 Å². The summed E-state index contributed by atoms with van der Waals surface area (Å²) in [5, 5.41) is 12.9. The predicted molar refractivity (Wildman–Crippen MR) is 64.7 cm³/mol. The van der Waals surface area contributed by atoms with Crippen molar-refractivity contribution in [2.45, 2.75) is 23.8 Å². The number of nitrogens with zero attached hydrogens (tertiary/aromatic N) is 2. The van der Waals surface area contributed by atoms with E-state index in [9.17, 15) is 0 Å². The summed E-state index contributed by atoms with van der Waals surface area (Å²) in [6.07, 6.45) is 0.